The van der Waals surface area contributed by atoms with Crippen molar-refractivity contribution in [2.75, 3.05) is 19.0 Å². The number of aryl methyl sites for hydroxylation is 1. The van der Waals surface area contributed by atoms with Crippen LogP contribution in [0.3, 0.4) is 0 Å². The van der Waals surface area contributed by atoms with E-state index < -0.39 is 0 Å². The van der Waals surface area contributed by atoms with Gasteiger partial charge in [0, 0.05) is 5.75 Å². The fraction of sp³-hybridized carbons (Fsp3) is 0.333. The Morgan fingerprint density at radius 1 is 1.44 bits per heavy atom. The van der Waals surface area contributed by atoms with Gasteiger partial charge in [-0.05, 0) is 19.1 Å². The fourth-order valence-corrected chi connectivity index (χ4v) is 2.09. The molecule has 96 valence electrons. The molecule has 2 N–H and O–H groups in total. The molecule has 0 aromatic heterocycles. The van der Waals surface area contributed by atoms with E-state index in [1.807, 2.05) is 31.2 Å². The maximum Gasteiger partial charge on any atom is 0.323 e. The van der Waals surface area contributed by atoms with E-state index in [4.69, 9.17) is 4.74 Å². The van der Waals surface area contributed by atoms with E-state index in [9.17, 15) is 4.79 Å². The summed E-state index contributed by atoms with van der Waals surface area (Å²) in [5.41, 5.74) is 1.17. The first-order valence-electron chi connectivity index (χ1n) is 5.65. The van der Waals surface area contributed by atoms with E-state index in [0.29, 0.717) is 5.17 Å². The molecule has 1 aliphatic rings. The van der Waals surface area contributed by atoms with Gasteiger partial charge in [0.2, 0.25) is 0 Å². The quantitative estimate of drug-likeness (QED) is 0.818. The Hall–Kier alpha value is -1.69. The molecule has 0 saturated heterocycles. The standard InChI is InChI=1S/C12H15N3O2S/c1-9-2-4-10(5-3-9)17-8-14-11(16)15-12-13-6-7-18-12/h2-5H,6-8H2,1H3,(H2,13,14,15,16). The highest BCUT2D eigenvalue weighted by molar-refractivity contribution is 8.14. The molecule has 0 saturated carbocycles. The highest BCUT2D eigenvalue weighted by Crippen LogP contribution is 2.10. The number of nitrogens with zero attached hydrogens (tertiary/aromatic N) is 1. The largest absolute Gasteiger partial charge is 0.473 e. The average molecular weight is 265 g/mol. The van der Waals surface area contributed by atoms with E-state index in [0.717, 1.165) is 18.0 Å². The van der Waals surface area contributed by atoms with Crippen LogP contribution in [0.15, 0.2) is 29.3 Å². The van der Waals surface area contributed by atoms with E-state index in [1.165, 1.54) is 17.3 Å². The van der Waals surface area contributed by atoms with Crippen molar-refractivity contribution >= 4 is 23.0 Å². The van der Waals surface area contributed by atoms with Crippen LogP contribution in [0.4, 0.5) is 4.79 Å². The molecule has 1 heterocycles. The van der Waals surface area contributed by atoms with Crippen molar-refractivity contribution < 1.29 is 9.53 Å². The topological polar surface area (TPSA) is 62.7 Å². The van der Waals surface area contributed by atoms with Crippen LogP contribution in [0.25, 0.3) is 0 Å². The number of carbonyl (C=O) groups is 1. The smallest absolute Gasteiger partial charge is 0.323 e. The molecule has 0 spiro atoms. The van der Waals surface area contributed by atoms with Crippen LogP contribution in [0.5, 0.6) is 5.75 Å². The number of urea groups is 1. The highest BCUT2D eigenvalue weighted by Gasteiger charge is 2.09. The van der Waals surface area contributed by atoms with Crippen LogP contribution in [-0.4, -0.2) is 30.2 Å². The molecular formula is C12H15N3O2S. The van der Waals surface area contributed by atoms with Crippen LogP contribution >= 0.6 is 11.8 Å². The predicted octanol–water partition coefficient (Wildman–Crippen LogP) is 1.73. The zero-order valence-corrected chi connectivity index (χ0v) is 10.9. The van der Waals surface area contributed by atoms with E-state index in [-0.39, 0.29) is 12.8 Å². The number of thioether (sulfide) groups is 1. The zero-order chi connectivity index (χ0) is 12.8. The molecule has 1 aromatic rings. The molecule has 0 fully saturated rings. The second-order valence-electron chi connectivity index (χ2n) is 3.77. The Morgan fingerprint density at radius 3 is 2.89 bits per heavy atom. The van der Waals surface area contributed by atoms with E-state index in [2.05, 4.69) is 15.6 Å². The van der Waals surface area contributed by atoms with E-state index in [1.54, 1.807) is 0 Å². The minimum absolute atomic E-state index is 0.132. The molecule has 0 radical (unpaired) electrons. The minimum Gasteiger partial charge on any atom is -0.473 e. The Kier molecular flexibility index (Phi) is 4.46. The van der Waals surface area contributed by atoms with Gasteiger partial charge in [-0.2, -0.15) is 0 Å². The fourth-order valence-electron chi connectivity index (χ4n) is 1.37. The summed E-state index contributed by atoms with van der Waals surface area (Å²) in [6.07, 6.45) is 0. The highest BCUT2D eigenvalue weighted by atomic mass is 32.2. The third-order valence-electron chi connectivity index (χ3n) is 2.30. The van der Waals surface area contributed by atoms with Crippen LogP contribution in [-0.2, 0) is 0 Å². The summed E-state index contributed by atoms with van der Waals surface area (Å²) in [6, 6.07) is 7.35. The second-order valence-corrected chi connectivity index (χ2v) is 4.85. The van der Waals surface area contributed by atoms with Gasteiger partial charge < -0.3 is 10.1 Å². The molecule has 0 atom stereocenters. The van der Waals surface area contributed by atoms with Crippen molar-refractivity contribution in [2.45, 2.75) is 6.92 Å². The van der Waals surface area contributed by atoms with Gasteiger partial charge in [0.1, 0.15) is 5.75 Å². The van der Waals surface area contributed by atoms with Gasteiger partial charge in [-0.1, -0.05) is 29.5 Å². The lowest BCUT2D eigenvalue weighted by Gasteiger charge is -2.08. The molecule has 5 nitrogen and oxygen atoms in total. The Balaban J connectivity index is 1.68. The number of hydrogen-bond acceptors (Lipinski definition) is 4. The summed E-state index contributed by atoms with van der Waals surface area (Å²) < 4.78 is 5.38. The van der Waals surface area contributed by atoms with Crippen molar-refractivity contribution in [3.63, 3.8) is 0 Å². The van der Waals surface area contributed by atoms with Gasteiger partial charge in [0.05, 0.1) is 6.54 Å². The zero-order valence-electron chi connectivity index (χ0n) is 10.1. The number of nitrogens with one attached hydrogen (secondary N) is 2. The number of aliphatic imine (C=N–C) groups is 1. The lowest BCUT2D eigenvalue weighted by molar-refractivity contribution is 0.228. The Labute approximate surface area is 110 Å². The number of rotatable bonds is 3. The third-order valence-corrected chi connectivity index (χ3v) is 3.19. The summed E-state index contributed by atoms with van der Waals surface area (Å²) in [6.45, 7) is 2.91. The van der Waals surface area contributed by atoms with Crippen molar-refractivity contribution in [1.82, 2.24) is 10.6 Å². The summed E-state index contributed by atoms with van der Waals surface area (Å²) in [5, 5.41) is 5.93. The SMILES string of the molecule is Cc1ccc(OCNC(=O)NC2=NCCS2)cc1. The number of amides is 2. The van der Waals surface area contributed by atoms with Crippen LogP contribution in [0.1, 0.15) is 5.56 Å². The van der Waals surface area contributed by atoms with Gasteiger partial charge in [-0.25, -0.2) is 4.79 Å². The lowest BCUT2D eigenvalue weighted by Crippen LogP contribution is -2.39. The molecule has 1 aliphatic heterocycles. The average Bonchev–Trinajstić information content (AvgIpc) is 2.84. The number of ether oxygens (including phenoxy) is 1. The van der Waals surface area contributed by atoms with Crippen molar-refractivity contribution in [1.29, 1.82) is 0 Å². The molecule has 0 unspecified atom stereocenters. The first-order valence-corrected chi connectivity index (χ1v) is 6.64. The van der Waals surface area contributed by atoms with Crippen molar-refractivity contribution in [2.24, 2.45) is 4.99 Å². The maximum atomic E-state index is 11.4. The van der Waals surface area contributed by atoms with Crippen LogP contribution in [0, 0.1) is 6.92 Å². The molecule has 6 heteroatoms. The summed E-state index contributed by atoms with van der Waals surface area (Å²) in [4.78, 5) is 15.6. The molecular weight excluding hydrogens is 250 g/mol. The maximum absolute atomic E-state index is 11.4. The minimum atomic E-state index is -0.296. The third kappa shape index (κ3) is 3.96. The van der Waals surface area contributed by atoms with Crippen LogP contribution < -0.4 is 15.4 Å². The molecule has 0 bridgehead atoms. The second kappa shape index (κ2) is 6.30. The predicted molar refractivity (Wildman–Crippen MR) is 73.1 cm³/mol. The number of amidine groups is 1. The number of benzene rings is 1. The monoisotopic (exact) mass is 265 g/mol. The molecule has 0 aliphatic carbocycles. The summed E-state index contributed by atoms with van der Waals surface area (Å²) in [7, 11) is 0. The number of hydrogen-bond donors (Lipinski definition) is 2. The normalized spacial score (nSPS) is 13.9. The first-order chi connectivity index (χ1) is 8.74. The molecule has 2 amide bonds. The summed E-state index contributed by atoms with van der Waals surface area (Å²) in [5.74, 6) is 1.66. The molecule has 18 heavy (non-hydrogen) atoms. The Bertz CT molecular complexity index is 445. The van der Waals surface area contributed by atoms with Crippen molar-refractivity contribution in [3.8, 4) is 5.75 Å². The number of carbonyl (C=O) groups excluding carboxylic acids is 1. The van der Waals surface area contributed by atoms with Gasteiger partial charge in [0.15, 0.2) is 11.9 Å². The van der Waals surface area contributed by atoms with Gasteiger partial charge in [-0.3, -0.25) is 10.3 Å². The molecule has 2 rings (SSSR count). The van der Waals surface area contributed by atoms with Crippen LogP contribution in [0.2, 0.25) is 0 Å². The first kappa shape index (κ1) is 12.8. The lowest BCUT2D eigenvalue weighted by atomic mass is 10.2. The van der Waals surface area contributed by atoms with Gasteiger partial charge >= 0.3 is 6.03 Å². The Morgan fingerprint density at radius 2 is 2.22 bits per heavy atom. The summed E-state index contributed by atoms with van der Waals surface area (Å²) >= 11 is 1.54. The molecule has 1 aromatic carbocycles. The van der Waals surface area contributed by atoms with Crippen molar-refractivity contribution in [3.05, 3.63) is 29.8 Å². The van der Waals surface area contributed by atoms with E-state index >= 15 is 0 Å². The van der Waals surface area contributed by atoms with Gasteiger partial charge in [0.25, 0.3) is 0 Å². The van der Waals surface area contributed by atoms with Gasteiger partial charge in [-0.15, -0.1) is 0 Å².